The second kappa shape index (κ2) is 17.9. The van der Waals surface area contributed by atoms with E-state index < -0.39 is 40.8 Å². The van der Waals surface area contributed by atoms with Crippen LogP contribution in [0.1, 0.15) is 84.8 Å². The molecule has 3 atom stereocenters. The molecule has 0 bridgehead atoms. The van der Waals surface area contributed by atoms with Gasteiger partial charge in [-0.15, -0.1) is 0 Å². The normalized spacial score (nSPS) is 17.4. The van der Waals surface area contributed by atoms with E-state index in [0.717, 1.165) is 6.20 Å². The van der Waals surface area contributed by atoms with Gasteiger partial charge in [-0.25, -0.2) is 10.0 Å². The van der Waals surface area contributed by atoms with Crippen LogP contribution in [0.5, 0.6) is 17.2 Å². The number of esters is 1. The van der Waals surface area contributed by atoms with E-state index in [2.05, 4.69) is 15.7 Å². The quantitative estimate of drug-likeness (QED) is 0.0975. The first-order valence-electron chi connectivity index (χ1n) is 16.4. The number of rotatable bonds is 11. The van der Waals surface area contributed by atoms with Crippen LogP contribution >= 0.6 is 0 Å². The summed E-state index contributed by atoms with van der Waals surface area (Å²) in [6.45, 7) is 1.60. The van der Waals surface area contributed by atoms with Gasteiger partial charge in [-0.3, -0.25) is 19.1 Å². The average Bonchev–Trinajstić information content (AvgIpc) is 3.54. The molecular formula is C35H43N5O10. The smallest absolute Gasteiger partial charge is 0.342 e. The largest absolute Gasteiger partial charge is 0.595 e. The van der Waals surface area contributed by atoms with Crippen molar-refractivity contribution in [3.05, 3.63) is 76.3 Å². The summed E-state index contributed by atoms with van der Waals surface area (Å²) in [4.78, 5) is 51.3. The molecule has 0 spiro atoms. The molecule has 50 heavy (non-hydrogen) atoms. The lowest BCUT2D eigenvalue weighted by Crippen LogP contribution is -2.99. The fourth-order valence-electron chi connectivity index (χ4n) is 5.67. The van der Waals surface area contributed by atoms with E-state index in [9.17, 15) is 34.6 Å². The molecule has 1 aliphatic rings. The van der Waals surface area contributed by atoms with Gasteiger partial charge in [0, 0.05) is 43.8 Å². The zero-order chi connectivity index (χ0) is 36.2. The highest BCUT2D eigenvalue weighted by molar-refractivity contribution is 5.98. The number of nitrogens with zero attached hydrogens (tertiary/aromatic N) is 2. The van der Waals surface area contributed by atoms with Crippen molar-refractivity contribution in [1.82, 2.24) is 20.4 Å². The fraction of sp³-hybridized carbons (Fsp3) is 0.400. The fourth-order valence-corrected chi connectivity index (χ4v) is 5.67. The number of methoxy groups -OCH3 is 1. The van der Waals surface area contributed by atoms with Gasteiger partial charge in [0.25, 0.3) is 0 Å². The van der Waals surface area contributed by atoms with E-state index in [-0.39, 0.29) is 60.0 Å². The highest BCUT2D eigenvalue weighted by Crippen LogP contribution is 2.44. The maximum Gasteiger partial charge on any atom is 0.342 e. The minimum absolute atomic E-state index is 0.0398. The number of phenols is 2. The first-order chi connectivity index (χ1) is 24.0. The minimum atomic E-state index is -1.16. The number of fused-ring (bicyclic) bond motifs is 1. The van der Waals surface area contributed by atoms with Crippen LogP contribution in [0.25, 0.3) is 6.08 Å². The van der Waals surface area contributed by atoms with Crippen molar-refractivity contribution in [2.24, 2.45) is 0 Å². The van der Waals surface area contributed by atoms with Crippen molar-refractivity contribution in [2.45, 2.75) is 70.4 Å². The number of aromatic hydroxyl groups is 2. The van der Waals surface area contributed by atoms with Gasteiger partial charge >= 0.3 is 5.97 Å². The van der Waals surface area contributed by atoms with E-state index in [1.165, 1.54) is 24.1 Å². The average molecular weight is 694 g/mol. The van der Waals surface area contributed by atoms with Gasteiger partial charge in [0.15, 0.2) is 0 Å². The molecule has 15 nitrogen and oxygen atoms in total. The second-order valence-electron chi connectivity index (χ2n) is 12.0. The van der Waals surface area contributed by atoms with Crippen molar-refractivity contribution in [3.8, 4) is 17.2 Å². The van der Waals surface area contributed by atoms with E-state index in [0.29, 0.717) is 49.8 Å². The van der Waals surface area contributed by atoms with E-state index in [1.54, 1.807) is 43.3 Å². The molecule has 1 aromatic heterocycles. The molecule has 1 aliphatic heterocycles. The molecule has 0 saturated carbocycles. The monoisotopic (exact) mass is 693 g/mol. The molecular weight excluding hydrogens is 650 g/mol. The Hall–Kier alpha value is -5.25. The second-order valence-corrected chi connectivity index (χ2v) is 12.0. The zero-order valence-corrected chi connectivity index (χ0v) is 28.0. The summed E-state index contributed by atoms with van der Waals surface area (Å²) < 4.78 is 12.1. The van der Waals surface area contributed by atoms with Gasteiger partial charge in [-0.1, -0.05) is 24.3 Å². The first-order valence-corrected chi connectivity index (χ1v) is 16.4. The summed E-state index contributed by atoms with van der Waals surface area (Å²) in [6.07, 6.45) is 7.93. The molecule has 3 aromatic rings. The lowest BCUT2D eigenvalue weighted by atomic mass is 9.84. The van der Waals surface area contributed by atoms with Gasteiger partial charge in [-0.05, 0) is 61.9 Å². The summed E-state index contributed by atoms with van der Waals surface area (Å²) in [5, 5.41) is 51.1. The number of amides is 2. The Labute approximate surface area is 289 Å². The number of nitrogens with one attached hydrogen (secondary N) is 3. The van der Waals surface area contributed by atoms with Crippen molar-refractivity contribution >= 4 is 35.3 Å². The third-order valence-corrected chi connectivity index (χ3v) is 8.26. The number of benzene rings is 2. The van der Waals surface area contributed by atoms with Gasteiger partial charge < -0.3 is 35.5 Å². The molecule has 0 fully saturated rings. The highest BCUT2D eigenvalue weighted by atomic mass is 16.8. The molecule has 2 amide bonds. The summed E-state index contributed by atoms with van der Waals surface area (Å²) in [7, 11) is 1.50. The van der Waals surface area contributed by atoms with E-state index >= 15 is 0 Å². The number of carbonyl (C=O) groups excluding carboxylic acids is 4. The Morgan fingerprint density at radius 1 is 1.12 bits per heavy atom. The van der Waals surface area contributed by atoms with Gasteiger partial charge in [0.1, 0.15) is 41.3 Å². The number of hydrogen-bond donors (Lipinski definition) is 6. The number of ketones is 1. The molecule has 4 rings (SSSR count). The van der Waals surface area contributed by atoms with Crippen LogP contribution in [0, 0.1) is 5.21 Å². The van der Waals surface area contributed by atoms with Crippen molar-refractivity contribution in [1.29, 1.82) is 0 Å². The van der Waals surface area contributed by atoms with Crippen LogP contribution < -0.4 is 20.6 Å². The number of ether oxygens (including phenoxy) is 2. The predicted molar refractivity (Wildman–Crippen MR) is 180 cm³/mol. The first kappa shape index (κ1) is 37.6. The molecule has 0 radical (unpaired) electrons. The third kappa shape index (κ3) is 10.4. The van der Waals surface area contributed by atoms with Crippen LogP contribution in [0.2, 0.25) is 0 Å². The molecule has 2 aromatic carbocycles. The highest BCUT2D eigenvalue weighted by Gasteiger charge is 2.31. The lowest BCUT2D eigenvalue weighted by Gasteiger charge is -2.23. The van der Waals surface area contributed by atoms with Gasteiger partial charge in [0.2, 0.25) is 17.5 Å². The van der Waals surface area contributed by atoms with Crippen LogP contribution in [-0.2, 0) is 25.7 Å². The Bertz CT molecular complexity index is 1690. The molecule has 6 N–H and O–H groups in total. The maximum absolute atomic E-state index is 13.5. The van der Waals surface area contributed by atoms with Crippen molar-refractivity contribution in [2.75, 3.05) is 20.2 Å². The Balaban J connectivity index is 1.56. The minimum Gasteiger partial charge on any atom is -0.595 e. The van der Waals surface area contributed by atoms with Gasteiger partial charge in [-0.2, -0.15) is 10.3 Å². The number of phenolic OH excluding ortho intramolecular Hbond substituents is 2. The van der Waals surface area contributed by atoms with E-state index in [1.807, 2.05) is 0 Å². The van der Waals surface area contributed by atoms with Crippen LogP contribution in [0.3, 0.4) is 0 Å². The van der Waals surface area contributed by atoms with Crippen LogP contribution in [0.15, 0.2) is 48.8 Å². The zero-order valence-electron chi connectivity index (χ0n) is 28.0. The molecule has 268 valence electrons. The molecule has 0 aliphatic carbocycles. The summed E-state index contributed by atoms with van der Waals surface area (Å²) in [6, 6.07) is 8.08. The van der Waals surface area contributed by atoms with Crippen molar-refractivity contribution in [3.63, 3.8) is 0 Å². The molecule has 0 saturated heterocycles. The lowest BCUT2D eigenvalue weighted by molar-refractivity contribution is -0.991. The number of Topliss-reactive ketones (excluding diaryl/α,β-unsaturated/α-hetero) is 1. The third-order valence-electron chi connectivity index (χ3n) is 8.26. The number of quaternary nitrogens is 1. The van der Waals surface area contributed by atoms with E-state index in [4.69, 9.17) is 14.7 Å². The maximum atomic E-state index is 13.5. The van der Waals surface area contributed by atoms with Crippen LogP contribution in [0.4, 0.5) is 5.69 Å². The standard InChI is InChI=1S/C35H43N5O10/c1-22-7-6-10-26(41)9-5-3-4-8-24-17-29(42)33(34(45)32(24)35(46)50-22)28(23-11-13-27(49-2)14-12-23)18-30(43)36-15-16-37-31(44)21-39-20-25(19-38-39)40(47)48/h4,8,11-14,17,19-20,22,28,40,42,45,47H,3,5-7,9-10,15-16,18,21H2,1-2H3,(H,36,43)(H,37,44)/b8-4+/t22-,28?/m0/s1. The number of hydrogen-bond acceptors (Lipinski definition) is 11. The molecule has 2 heterocycles. The number of carbonyl (C=O) groups is 4. The Morgan fingerprint density at radius 3 is 2.50 bits per heavy atom. The SMILES string of the molecule is COc1ccc(C(CC(=O)NCCNC(=O)Cn2cc([NH+]([O-])O)cn2)c2c(O)cc3c(c2O)C(=O)O[C@@H](C)CCCC(=O)CCC/C=C/3)cc1. The number of allylic oxidation sites excluding steroid dienone is 1. The molecule has 15 heteroatoms. The summed E-state index contributed by atoms with van der Waals surface area (Å²) >= 11 is 0. The summed E-state index contributed by atoms with van der Waals surface area (Å²) in [5.41, 5.74) is 0.531. The summed E-state index contributed by atoms with van der Waals surface area (Å²) in [5.74, 6) is -2.80. The van der Waals surface area contributed by atoms with Crippen molar-refractivity contribution < 1.29 is 49.3 Å². The molecule has 2 unspecified atom stereocenters. The Kier molecular flexibility index (Phi) is 13.5. The predicted octanol–water partition coefficient (Wildman–Crippen LogP) is 2.64. The Morgan fingerprint density at radius 2 is 1.82 bits per heavy atom. The number of cyclic esters (lactones) is 1. The van der Waals surface area contributed by atoms with Gasteiger partial charge in [0.05, 0.1) is 19.4 Å². The van der Waals surface area contributed by atoms with Crippen LogP contribution in [-0.4, -0.2) is 75.1 Å². The number of aromatic nitrogens is 2. The topological polar surface area (TPSA) is 217 Å².